The van der Waals surface area contributed by atoms with Crippen LogP contribution in [0.2, 0.25) is 0 Å². The van der Waals surface area contributed by atoms with Crippen LogP contribution in [-0.2, 0) is 6.54 Å². The summed E-state index contributed by atoms with van der Waals surface area (Å²) in [5.41, 5.74) is 0. The van der Waals surface area contributed by atoms with Gasteiger partial charge in [-0.25, -0.2) is 4.68 Å². The zero-order valence-electron chi connectivity index (χ0n) is 10.3. The van der Waals surface area contributed by atoms with Crippen molar-refractivity contribution in [1.82, 2.24) is 30.4 Å². The van der Waals surface area contributed by atoms with Crippen molar-refractivity contribution in [2.24, 2.45) is 5.92 Å². The Labute approximate surface area is 101 Å². The van der Waals surface area contributed by atoms with E-state index in [4.69, 9.17) is 0 Å². The molecule has 2 aliphatic heterocycles. The van der Waals surface area contributed by atoms with E-state index in [-0.39, 0.29) is 0 Å². The molecule has 2 atom stereocenters. The Kier molecular flexibility index (Phi) is 3.07. The molecular weight excluding hydrogens is 216 g/mol. The Bertz CT molecular complexity index is 376. The fraction of sp³-hybridized carbons (Fsp3) is 0.909. The first kappa shape index (κ1) is 11.1. The molecular formula is C11H20N6. The van der Waals surface area contributed by atoms with Gasteiger partial charge in [-0.15, -0.1) is 5.10 Å². The molecule has 1 aromatic heterocycles. The first-order valence-electron chi connectivity index (χ1n) is 6.52. The number of hydrogen-bond donors (Lipinski definition) is 1. The zero-order chi connectivity index (χ0) is 11.7. The smallest absolute Gasteiger partial charge is 0.148 e. The van der Waals surface area contributed by atoms with Crippen LogP contribution in [0.4, 0.5) is 0 Å². The van der Waals surface area contributed by atoms with E-state index in [2.05, 4.69) is 25.7 Å². The molecule has 1 N–H and O–H groups in total. The fourth-order valence-electron chi connectivity index (χ4n) is 3.10. The predicted molar refractivity (Wildman–Crippen MR) is 63.5 cm³/mol. The van der Waals surface area contributed by atoms with Crippen molar-refractivity contribution in [1.29, 1.82) is 0 Å². The van der Waals surface area contributed by atoms with E-state index < -0.39 is 0 Å². The van der Waals surface area contributed by atoms with E-state index in [1.54, 1.807) is 0 Å². The Morgan fingerprint density at radius 2 is 2.29 bits per heavy atom. The second-order valence-corrected chi connectivity index (χ2v) is 5.11. The normalized spacial score (nSPS) is 28.8. The summed E-state index contributed by atoms with van der Waals surface area (Å²) in [6, 6.07) is 0.782. The molecule has 0 bridgehead atoms. The summed E-state index contributed by atoms with van der Waals surface area (Å²) >= 11 is 0. The number of fused-ring (bicyclic) bond motifs is 1. The zero-order valence-corrected chi connectivity index (χ0v) is 10.3. The predicted octanol–water partition coefficient (Wildman–Crippen LogP) is -0.335. The molecule has 0 aliphatic carbocycles. The number of likely N-dealkylation sites (tertiary alicyclic amines) is 1. The van der Waals surface area contributed by atoms with E-state index in [0.717, 1.165) is 30.7 Å². The van der Waals surface area contributed by atoms with E-state index in [9.17, 15) is 0 Å². The highest BCUT2D eigenvalue weighted by Gasteiger charge is 2.36. The number of aromatic nitrogens is 4. The minimum atomic E-state index is 0.782. The van der Waals surface area contributed by atoms with Crippen molar-refractivity contribution in [2.45, 2.75) is 32.4 Å². The average Bonchev–Trinajstić information content (AvgIpc) is 2.98. The fourth-order valence-corrected chi connectivity index (χ4v) is 3.10. The highest BCUT2D eigenvalue weighted by molar-refractivity contribution is 4.94. The number of hydrogen-bond acceptors (Lipinski definition) is 5. The molecule has 6 heteroatoms. The minimum Gasteiger partial charge on any atom is -0.315 e. The molecule has 6 nitrogen and oxygen atoms in total. The van der Waals surface area contributed by atoms with Crippen LogP contribution in [0.1, 0.15) is 18.7 Å². The summed E-state index contributed by atoms with van der Waals surface area (Å²) in [6.07, 6.45) is 2.50. The maximum Gasteiger partial charge on any atom is 0.148 e. The van der Waals surface area contributed by atoms with Gasteiger partial charge in [0.25, 0.3) is 0 Å². The third kappa shape index (κ3) is 2.19. The molecule has 2 aliphatic rings. The van der Waals surface area contributed by atoms with Gasteiger partial charge in [-0.3, -0.25) is 4.90 Å². The summed E-state index contributed by atoms with van der Waals surface area (Å²) in [4.78, 5) is 2.63. The summed E-state index contributed by atoms with van der Waals surface area (Å²) < 4.78 is 1.89. The maximum atomic E-state index is 3.97. The Hall–Kier alpha value is -1.01. The number of aryl methyl sites for hydroxylation is 2. The van der Waals surface area contributed by atoms with E-state index >= 15 is 0 Å². The lowest BCUT2D eigenvalue weighted by Crippen LogP contribution is -2.35. The third-order valence-corrected chi connectivity index (χ3v) is 4.09. The van der Waals surface area contributed by atoms with Crippen LogP contribution in [0.15, 0.2) is 0 Å². The third-order valence-electron chi connectivity index (χ3n) is 4.09. The molecule has 1 aromatic rings. The van der Waals surface area contributed by atoms with Gasteiger partial charge in [0.15, 0.2) is 0 Å². The lowest BCUT2D eigenvalue weighted by molar-refractivity contribution is 0.243. The van der Waals surface area contributed by atoms with Crippen molar-refractivity contribution in [3.63, 3.8) is 0 Å². The molecule has 2 saturated heterocycles. The Morgan fingerprint density at radius 1 is 1.35 bits per heavy atom. The quantitative estimate of drug-likeness (QED) is 0.775. The molecule has 0 radical (unpaired) electrons. The van der Waals surface area contributed by atoms with Crippen LogP contribution in [0.25, 0.3) is 0 Å². The molecule has 0 aromatic carbocycles. The van der Waals surface area contributed by atoms with Gasteiger partial charge in [-0.05, 0) is 49.2 Å². The second-order valence-electron chi connectivity index (χ2n) is 5.11. The van der Waals surface area contributed by atoms with Gasteiger partial charge < -0.3 is 5.32 Å². The molecule has 94 valence electrons. The second kappa shape index (κ2) is 4.70. The largest absolute Gasteiger partial charge is 0.315 e. The van der Waals surface area contributed by atoms with E-state index in [1.807, 2.05) is 11.6 Å². The first-order chi connectivity index (χ1) is 8.34. The van der Waals surface area contributed by atoms with Crippen LogP contribution in [0.5, 0.6) is 0 Å². The topological polar surface area (TPSA) is 58.9 Å². The SMILES string of the molecule is Cc1nnnn1CCCN1CCC2CNCC21. The van der Waals surface area contributed by atoms with Gasteiger partial charge in [0.2, 0.25) is 0 Å². The molecule has 3 heterocycles. The first-order valence-corrected chi connectivity index (χ1v) is 6.52. The standard InChI is InChI=1S/C11H20N6/c1-9-13-14-15-17(9)5-2-4-16-6-3-10-7-12-8-11(10)16/h10-12H,2-8H2,1H3. The van der Waals surface area contributed by atoms with E-state index in [0.29, 0.717) is 0 Å². The number of rotatable bonds is 4. The number of tetrazole rings is 1. The van der Waals surface area contributed by atoms with Gasteiger partial charge >= 0.3 is 0 Å². The van der Waals surface area contributed by atoms with Crippen LogP contribution < -0.4 is 5.32 Å². The van der Waals surface area contributed by atoms with E-state index in [1.165, 1.54) is 32.6 Å². The minimum absolute atomic E-state index is 0.782. The van der Waals surface area contributed by atoms with Crippen molar-refractivity contribution in [3.8, 4) is 0 Å². The number of nitrogens with one attached hydrogen (secondary N) is 1. The number of nitrogens with zero attached hydrogens (tertiary/aromatic N) is 5. The Balaban J connectivity index is 1.47. The van der Waals surface area contributed by atoms with Crippen molar-refractivity contribution in [3.05, 3.63) is 5.82 Å². The molecule has 0 spiro atoms. The van der Waals surface area contributed by atoms with Crippen molar-refractivity contribution >= 4 is 0 Å². The highest BCUT2D eigenvalue weighted by atomic mass is 15.5. The molecule has 2 fully saturated rings. The summed E-state index contributed by atoms with van der Waals surface area (Å²) in [5, 5.41) is 15.0. The Morgan fingerprint density at radius 3 is 3.12 bits per heavy atom. The van der Waals surface area contributed by atoms with Gasteiger partial charge in [0.1, 0.15) is 5.82 Å². The van der Waals surface area contributed by atoms with Gasteiger partial charge in [-0.2, -0.15) is 0 Å². The van der Waals surface area contributed by atoms with Gasteiger partial charge in [0, 0.05) is 25.7 Å². The molecule has 3 rings (SSSR count). The van der Waals surface area contributed by atoms with Crippen LogP contribution in [0.3, 0.4) is 0 Å². The summed E-state index contributed by atoms with van der Waals surface area (Å²) in [6.45, 7) is 7.71. The average molecular weight is 236 g/mol. The van der Waals surface area contributed by atoms with Gasteiger partial charge in [0.05, 0.1) is 0 Å². The van der Waals surface area contributed by atoms with Gasteiger partial charge in [-0.1, -0.05) is 0 Å². The monoisotopic (exact) mass is 236 g/mol. The lowest BCUT2D eigenvalue weighted by Gasteiger charge is -2.22. The van der Waals surface area contributed by atoms with Crippen LogP contribution in [0, 0.1) is 12.8 Å². The highest BCUT2D eigenvalue weighted by Crippen LogP contribution is 2.26. The molecule has 0 saturated carbocycles. The van der Waals surface area contributed by atoms with Crippen molar-refractivity contribution in [2.75, 3.05) is 26.2 Å². The van der Waals surface area contributed by atoms with Crippen LogP contribution >= 0.6 is 0 Å². The van der Waals surface area contributed by atoms with Crippen molar-refractivity contribution < 1.29 is 0 Å². The molecule has 2 unspecified atom stereocenters. The summed E-state index contributed by atoms with van der Waals surface area (Å²) in [5.74, 6) is 1.80. The maximum absolute atomic E-state index is 3.97. The lowest BCUT2D eigenvalue weighted by atomic mass is 10.1. The molecule has 0 amide bonds. The molecule has 17 heavy (non-hydrogen) atoms. The summed E-state index contributed by atoms with van der Waals surface area (Å²) in [7, 11) is 0. The van der Waals surface area contributed by atoms with Crippen LogP contribution in [-0.4, -0.2) is 57.3 Å².